The van der Waals surface area contributed by atoms with Gasteiger partial charge in [-0.2, -0.15) is 0 Å². The second-order valence-electron chi connectivity index (χ2n) is 5.21. The van der Waals surface area contributed by atoms with Gasteiger partial charge in [-0.25, -0.2) is 4.79 Å². The number of carbonyl (C=O) groups is 1. The molecular weight excluding hydrogens is 284 g/mol. The summed E-state index contributed by atoms with van der Waals surface area (Å²) in [6, 6.07) is 11.3. The van der Waals surface area contributed by atoms with E-state index in [-0.39, 0.29) is 6.03 Å². The predicted octanol–water partition coefficient (Wildman–Crippen LogP) is 4.59. The van der Waals surface area contributed by atoms with Gasteiger partial charge in [0.15, 0.2) is 0 Å². The fraction of sp³-hybridized carbons (Fsp3) is 0.235. The Morgan fingerprint density at radius 2 is 1.76 bits per heavy atom. The van der Waals surface area contributed by atoms with Gasteiger partial charge in [0.1, 0.15) is 0 Å². The minimum absolute atomic E-state index is 0.218. The van der Waals surface area contributed by atoms with Crippen LogP contribution in [-0.2, 0) is 6.54 Å². The molecule has 0 fully saturated rings. The van der Waals surface area contributed by atoms with Crippen molar-refractivity contribution in [2.45, 2.75) is 27.3 Å². The molecule has 2 amide bonds. The van der Waals surface area contributed by atoms with E-state index in [1.807, 2.05) is 45.0 Å². The Kier molecular flexibility index (Phi) is 4.86. The van der Waals surface area contributed by atoms with Gasteiger partial charge in [-0.15, -0.1) is 0 Å². The first-order valence-corrected chi connectivity index (χ1v) is 7.20. The minimum atomic E-state index is -0.218. The SMILES string of the molecule is Cc1cc(C)c(NC(=O)NCc2cccc(Cl)c2)c(C)c1. The van der Waals surface area contributed by atoms with Crippen LogP contribution in [0.2, 0.25) is 5.02 Å². The van der Waals surface area contributed by atoms with Crippen molar-refractivity contribution in [1.82, 2.24) is 5.32 Å². The summed E-state index contributed by atoms with van der Waals surface area (Å²) in [4.78, 5) is 12.0. The summed E-state index contributed by atoms with van der Waals surface area (Å²) in [6.07, 6.45) is 0. The highest BCUT2D eigenvalue weighted by atomic mass is 35.5. The molecule has 110 valence electrons. The number of benzene rings is 2. The van der Waals surface area contributed by atoms with Crippen LogP contribution in [0.25, 0.3) is 0 Å². The van der Waals surface area contributed by atoms with Gasteiger partial charge in [-0.3, -0.25) is 0 Å². The summed E-state index contributed by atoms with van der Waals surface area (Å²) in [5, 5.41) is 6.41. The lowest BCUT2D eigenvalue weighted by molar-refractivity contribution is 0.251. The van der Waals surface area contributed by atoms with E-state index in [1.54, 1.807) is 0 Å². The number of carbonyl (C=O) groups excluding carboxylic acids is 1. The van der Waals surface area contributed by atoms with Gasteiger partial charge in [0.2, 0.25) is 0 Å². The molecule has 2 rings (SSSR count). The van der Waals surface area contributed by atoms with Crippen LogP contribution in [0.1, 0.15) is 22.3 Å². The van der Waals surface area contributed by atoms with E-state index in [9.17, 15) is 4.79 Å². The first-order valence-electron chi connectivity index (χ1n) is 6.83. The lowest BCUT2D eigenvalue weighted by atomic mass is 10.1. The standard InChI is InChI=1S/C17H19ClN2O/c1-11-7-12(2)16(13(3)8-11)20-17(21)19-10-14-5-4-6-15(18)9-14/h4-9H,10H2,1-3H3,(H2,19,20,21). The van der Waals surface area contributed by atoms with Crippen LogP contribution in [0.3, 0.4) is 0 Å². The van der Waals surface area contributed by atoms with Gasteiger partial charge in [0.05, 0.1) is 0 Å². The highest BCUT2D eigenvalue weighted by molar-refractivity contribution is 6.30. The molecule has 4 heteroatoms. The number of nitrogens with one attached hydrogen (secondary N) is 2. The third-order valence-electron chi connectivity index (χ3n) is 3.26. The molecule has 0 heterocycles. The van der Waals surface area contributed by atoms with Crippen LogP contribution < -0.4 is 10.6 Å². The fourth-order valence-electron chi connectivity index (χ4n) is 2.36. The average molecular weight is 303 g/mol. The van der Waals surface area contributed by atoms with Gasteiger partial charge in [0, 0.05) is 17.3 Å². The monoisotopic (exact) mass is 302 g/mol. The fourth-order valence-corrected chi connectivity index (χ4v) is 2.58. The van der Waals surface area contributed by atoms with Crippen LogP contribution in [0.5, 0.6) is 0 Å². The quantitative estimate of drug-likeness (QED) is 0.855. The molecule has 0 aromatic heterocycles. The summed E-state index contributed by atoms with van der Waals surface area (Å²) >= 11 is 5.92. The molecule has 0 saturated heterocycles. The second kappa shape index (κ2) is 6.64. The summed E-state index contributed by atoms with van der Waals surface area (Å²) in [5.74, 6) is 0. The smallest absolute Gasteiger partial charge is 0.319 e. The highest BCUT2D eigenvalue weighted by Gasteiger charge is 2.08. The Labute approximate surface area is 130 Å². The molecule has 0 spiro atoms. The molecule has 0 aliphatic carbocycles. The van der Waals surface area contributed by atoms with Crippen LogP contribution in [0, 0.1) is 20.8 Å². The van der Waals surface area contributed by atoms with E-state index in [2.05, 4.69) is 22.8 Å². The van der Waals surface area contributed by atoms with E-state index in [0.717, 1.165) is 22.4 Å². The van der Waals surface area contributed by atoms with Crippen molar-refractivity contribution in [3.8, 4) is 0 Å². The zero-order valence-electron chi connectivity index (χ0n) is 12.5. The van der Waals surface area contributed by atoms with Crippen LogP contribution in [-0.4, -0.2) is 6.03 Å². The number of hydrogen-bond acceptors (Lipinski definition) is 1. The highest BCUT2D eigenvalue weighted by Crippen LogP contribution is 2.21. The molecule has 0 aliphatic rings. The third kappa shape index (κ3) is 4.23. The number of urea groups is 1. The number of anilines is 1. The molecule has 3 nitrogen and oxygen atoms in total. The summed E-state index contributed by atoms with van der Waals surface area (Å²) in [6.45, 7) is 6.47. The average Bonchev–Trinajstić information content (AvgIpc) is 2.40. The minimum Gasteiger partial charge on any atom is -0.334 e. The number of hydrogen-bond donors (Lipinski definition) is 2. The second-order valence-corrected chi connectivity index (χ2v) is 5.65. The predicted molar refractivity (Wildman–Crippen MR) is 88.0 cm³/mol. The molecule has 0 atom stereocenters. The van der Waals surface area contributed by atoms with Crippen LogP contribution >= 0.6 is 11.6 Å². The van der Waals surface area contributed by atoms with Crippen LogP contribution in [0.4, 0.5) is 10.5 Å². The maximum Gasteiger partial charge on any atom is 0.319 e. The molecular formula is C17H19ClN2O. The first-order chi connectivity index (χ1) is 9.95. The van der Waals surface area contributed by atoms with Gasteiger partial charge in [0.25, 0.3) is 0 Å². The maximum atomic E-state index is 12.0. The number of aryl methyl sites for hydroxylation is 3. The van der Waals surface area contributed by atoms with Crippen molar-refractivity contribution in [2.75, 3.05) is 5.32 Å². The number of amides is 2. The molecule has 0 radical (unpaired) electrons. The zero-order valence-corrected chi connectivity index (χ0v) is 13.2. The van der Waals surface area contributed by atoms with Crippen molar-refractivity contribution < 1.29 is 4.79 Å². The van der Waals surface area contributed by atoms with E-state index in [0.29, 0.717) is 11.6 Å². The van der Waals surface area contributed by atoms with E-state index < -0.39 is 0 Å². The Morgan fingerprint density at radius 1 is 1.10 bits per heavy atom. The van der Waals surface area contributed by atoms with E-state index in [4.69, 9.17) is 11.6 Å². The van der Waals surface area contributed by atoms with Crippen molar-refractivity contribution in [1.29, 1.82) is 0 Å². The van der Waals surface area contributed by atoms with Gasteiger partial charge < -0.3 is 10.6 Å². The number of rotatable bonds is 3. The molecule has 0 unspecified atom stereocenters. The van der Waals surface area contributed by atoms with Crippen molar-refractivity contribution >= 4 is 23.3 Å². The van der Waals surface area contributed by atoms with Gasteiger partial charge in [-0.05, 0) is 49.6 Å². The van der Waals surface area contributed by atoms with Gasteiger partial charge in [-0.1, -0.05) is 41.4 Å². The Balaban J connectivity index is 1.99. The third-order valence-corrected chi connectivity index (χ3v) is 3.49. The maximum absolute atomic E-state index is 12.0. The summed E-state index contributed by atoms with van der Waals surface area (Å²) in [7, 11) is 0. The molecule has 21 heavy (non-hydrogen) atoms. The van der Waals surface area contributed by atoms with Crippen molar-refractivity contribution in [3.05, 3.63) is 63.7 Å². The van der Waals surface area contributed by atoms with Crippen LogP contribution in [0.15, 0.2) is 36.4 Å². The molecule has 0 bridgehead atoms. The molecule has 0 aliphatic heterocycles. The zero-order chi connectivity index (χ0) is 15.4. The Morgan fingerprint density at radius 3 is 2.38 bits per heavy atom. The summed E-state index contributed by atoms with van der Waals surface area (Å²) < 4.78 is 0. The first kappa shape index (κ1) is 15.4. The lowest BCUT2D eigenvalue weighted by Crippen LogP contribution is -2.28. The Bertz CT molecular complexity index is 645. The Hall–Kier alpha value is -2.00. The molecule has 2 N–H and O–H groups in total. The lowest BCUT2D eigenvalue weighted by Gasteiger charge is -2.13. The normalized spacial score (nSPS) is 10.3. The van der Waals surface area contributed by atoms with Gasteiger partial charge >= 0.3 is 6.03 Å². The van der Waals surface area contributed by atoms with Crippen molar-refractivity contribution in [3.63, 3.8) is 0 Å². The summed E-state index contributed by atoms with van der Waals surface area (Å²) in [5.41, 5.74) is 5.14. The van der Waals surface area contributed by atoms with E-state index in [1.165, 1.54) is 5.56 Å². The molecule has 2 aromatic rings. The molecule has 0 saturated carbocycles. The largest absolute Gasteiger partial charge is 0.334 e. The topological polar surface area (TPSA) is 41.1 Å². The number of halogens is 1. The molecule has 2 aromatic carbocycles. The van der Waals surface area contributed by atoms with E-state index >= 15 is 0 Å². The van der Waals surface area contributed by atoms with Crippen molar-refractivity contribution in [2.24, 2.45) is 0 Å².